The van der Waals surface area contributed by atoms with Crippen molar-refractivity contribution in [1.29, 1.82) is 0 Å². The predicted octanol–water partition coefficient (Wildman–Crippen LogP) is 4.25. The monoisotopic (exact) mass is 387 g/mol. The molecule has 1 amide bonds. The van der Waals surface area contributed by atoms with Crippen LogP contribution in [-0.2, 0) is 4.74 Å². The average molecular weight is 388 g/mol. The van der Waals surface area contributed by atoms with Gasteiger partial charge in [0.05, 0.1) is 8.66 Å². The van der Waals surface area contributed by atoms with Crippen molar-refractivity contribution in [3.63, 3.8) is 0 Å². The normalized spacial score (nSPS) is 11.7. The lowest BCUT2D eigenvalue weighted by atomic mass is 10.3. The van der Waals surface area contributed by atoms with Crippen LogP contribution in [0.5, 0.6) is 0 Å². The molecule has 0 aliphatic carbocycles. The molecule has 0 aliphatic rings. The molecule has 0 fully saturated rings. The second-order valence-corrected chi connectivity index (χ2v) is 6.83. The van der Waals surface area contributed by atoms with Crippen LogP contribution in [0, 0.1) is 6.92 Å². The van der Waals surface area contributed by atoms with E-state index in [0.29, 0.717) is 24.5 Å². The first-order valence-corrected chi connectivity index (χ1v) is 8.05. The third-order valence-corrected chi connectivity index (χ3v) is 4.77. The number of halogens is 4. The molecule has 0 spiro atoms. The third-order valence-electron chi connectivity index (χ3n) is 2.65. The summed E-state index contributed by atoms with van der Waals surface area (Å²) in [5, 5.41) is 0. The number of aryl methyl sites for hydroxylation is 1. The lowest BCUT2D eigenvalue weighted by molar-refractivity contribution is -0.141. The van der Waals surface area contributed by atoms with E-state index >= 15 is 0 Å². The largest absolute Gasteiger partial charge is 0.406 e. The van der Waals surface area contributed by atoms with Gasteiger partial charge in [0.2, 0.25) is 0 Å². The minimum absolute atomic E-state index is 0.0207. The minimum Gasteiger partial charge on any atom is -0.382 e. The summed E-state index contributed by atoms with van der Waals surface area (Å²) in [6.45, 7) is 3.22. The quantitative estimate of drug-likeness (QED) is 0.654. The van der Waals surface area contributed by atoms with Crippen molar-refractivity contribution in [3.05, 3.63) is 20.3 Å². The van der Waals surface area contributed by atoms with E-state index in [1.54, 1.807) is 13.0 Å². The van der Waals surface area contributed by atoms with Gasteiger partial charge >= 0.3 is 6.18 Å². The number of rotatable bonds is 7. The molecule has 8 heteroatoms. The first-order chi connectivity index (χ1) is 9.74. The summed E-state index contributed by atoms with van der Waals surface area (Å²) in [6.07, 6.45) is -4.04. The van der Waals surface area contributed by atoms with Crippen LogP contribution in [0.3, 0.4) is 0 Å². The van der Waals surface area contributed by atoms with Crippen molar-refractivity contribution in [2.45, 2.75) is 26.4 Å². The number of hydrogen-bond acceptors (Lipinski definition) is 3. The van der Waals surface area contributed by atoms with Crippen molar-refractivity contribution in [1.82, 2.24) is 4.90 Å². The number of alkyl halides is 3. The number of ether oxygens (including phenoxy) is 1. The molecule has 120 valence electrons. The third kappa shape index (κ3) is 6.36. The maximum atomic E-state index is 12.6. The summed E-state index contributed by atoms with van der Waals surface area (Å²) in [5.74, 6) is -0.595. The lowest BCUT2D eigenvalue weighted by Gasteiger charge is -2.23. The maximum Gasteiger partial charge on any atom is 0.406 e. The van der Waals surface area contributed by atoms with Crippen LogP contribution >= 0.6 is 27.3 Å². The number of carbonyl (C=O) groups excluding carboxylic acids is 1. The predicted molar refractivity (Wildman–Crippen MR) is 79.8 cm³/mol. The summed E-state index contributed by atoms with van der Waals surface area (Å²) in [5.41, 5.74) is 0.838. The molecule has 1 aromatic heterocycles. The highest BCUT2D eigenvalue weighted by Crippen LogP contribution is 2.29. The van der Waals surface area contributed by atoms with Gasteiger partial charge in [0, 0.05) is 19.8 Å². The van der Waals surface area contributed by atoms with E-state index < -0.39 is 18.6 Å². The highest BCUT2D eigenvalue weighted by Gasteiger charge is 2.33. The van der Waals surface area contributed by atoms with Gasteiger partial charge in [-0.15, -0.1) is 11.3 Å². The molecule has 0 atom stereocenters. The molecule has 0 bridgehead atoms. The van der Waals surface area contributed by atoms with Crippen LogP contribution in [0.15, 0.2) is 9.85 Å². The smallest absolute Gasteiger partial charge is 0.382 e. The molecule has 1 aromatic rings. The van der Waals surface area contributed by atoms with Crippen LogP contribution in [0.1, 0.15) is 28.6 Å². The molecule has 1 rings (SSSR count). The Bertz CT molecular complexity index is 457. The molecule has 0 unspecified atom stereocenters. The van der Waals surface area contributed by atoms with Gasteiger partial charge in [-0.25, -0.2) is 0 Å². The van der Waals surface area contributed by atoms with E-state index in [4.69, 9.17) is 4.74 Å². The Hall–Kier alpha value is -0.600. The fraction of sp³-hybridized carbons (Fsp3) is 0.615. The van der Waals surface area contributed by atoms with Crippen LogP contribution in [0.4, 0.5) is 13.2 Å². The summed E-state index contributed by atoms with van der Waals surface area (Å²) < 4.78 is 43.7. The topological polar surface area (TPSA) is 29.5 Å². The molecular formula is C13H17BrF3NO2S. The van der Waals surface area contributed by atoms with E-state index in [0.717, 1.165) is 25.6 Å². The molecule has 21 heavy (non-hydrogen) atoms. The second-order valence-electron chi connectivity index (χ2n) is 4.46. The summed E-state index contributed by atoms with van der Waals surface area (Å²) in [4.78, 5) is 13.4. The molecule has 0 saturated carbocycles. The van der Waals surface area contributed by atoms with Crippen LogP contribution in [0.2, 0.25) is 0 Å². The van der Waals surface area contributed by atoms with Crippen LogP contribution in [0.25, 0.3) is 0 Å². The fourth-order valence-electron chi connectivity index (χ4n) is 1.69. The van der Waals surface area contributed by atoms with Crippen molar-refractivity contribution >= 4 is 33.2 Å². The Balaban J connectivity index is 2.76. The number of amides is 1. The van der Waals surface area contributed by atoms with Gasteiger partial charge in [0.1, 0.15) is 6.54 Å². The summed E-state index contributed by atoms with van der Waals surface area (Å²) >= 11 is 4.42. The zero-order valence-electron chi connectivity index (χ0n) is 11.8. The van der Waals surface area contributed by atoms with Crippen molar-refractivity contribution in [2.75, 3.05) is 26.3 Å². The van der Waals surface area contributed by atoms with E-state index in [9.17, 15) is 18.0 Å². The molecule has 0 aliphatic heterocycles. The van der Waals surface area contributed by atoms with Gasteiger partial charge in [0.25, 0.3) is 5.91 Å². The minimum atomic E-state index is -4.41. The molecule has 0 aromatic carbocycles. The van der Waals surface area contributed by atoms with Gasteiger partial charge in [-0.1, -0.05) is 0 Å². The van der Waals surface area contributed by atoms with Gasteiger partial charge in [-0.3, -0.25) is 4.79 Å². The Labute approximate surface area is 134 Å². The Morgan fingerprint density at radius 1 is 1.48 bits per heavy atom. The van der Waals surface area contributed by atoms with E-state index in [-0.39, 0.29) is 6.54 Å². The molecule has 1 heterocycles. The number of thiophene rings is 1. The molecule has 3 nitrogen and oxygen atoms in total. The maximum absolute atomic E-state index is 12.6. The zero-order chi connectivity index (χ0) is 16.0. The molecule has 0 radical (unpaired) electrons. The first-order valence-electron chi connectivity index (χ1n) is 6.44. The SMILES string of the molecule is CCOCCCN(CC(F)(F)F)C(=O)c1cc(C)c(Br)s1. The van der Waals surface area contributed by atoms with Crippen molar-refractivity contribution in [2.24, 2.45) is 0 Å². The van der Waals surface area contributed by atoms with Crippen LogP contribution in [-0.4, -0.2) is 43.3 Å². The van der Waals surface area contributed by atoms with Gasteiger partial charge in [0.15, 0.2) is 0 Å². The lowest BCUT2D eigenvalue weighted by Crippen LogP contribution is -2.39. The average Bonchev–Trinajstić information content (AvgIpc) is 2.71. The standard InChI is InChI=1S/C13H17BrF3NO2S/c1-3-20-6-4-5-18(8-13(15,16)17)12(19)10-7-9(2)11(14)21-10/h7H,3-6,8H2,1-2H3. The van der Waals surface area contributed by atoms with Gasteiger partial charge < -0.3 is 9.64 Å². The molecular weight excluding hydrogens is 371 g/mol. The second kappa shape index (κ2) is 8.14. The Morgan fingerprint density at radius 2 is 2.14 bits per heavy atom. The Kier molecular flexibility index (Phi) is 7.15. The Morgan fingerprint density at radius 3 is 2.62 bits per heavy atom. The van der Waals surface area contributed by atoms with E-state index in [1.165, 1.54) is 0 Å². The van der Waals surface area contributed by atoms with Gasteiger partial charge in [-0.05, 0) is 47.8 Å². The van der Waals surface area contributed by atoms with Crippen molar-refractivity contribution in [3.8, 4) is 0 Å². The summed E-state index contributed by atoms with van der Waals surface area (Å²) in [7, 11) is 0. The van der Waals surface area contributed by atoms with E-state index in [1.807, 2.05) is 6.92 Å². The number of carbonyl (C=O) groups is 1. The molecule has 0 N–H and O–H groups in total. The fourth-order valence-corrected chi connectivity index (χ4v) is 3.19. The van der Waals surface area contributed by atoms with Crippen LogP contribution < -0.4 is 0 Å². The van der Waals surface area contributed by atoms with Gasteiger partial charge in [-0.2, -0.15) is 13.2 Å². The van der Waals surface area contributed by atoms with E-state index in [2.05, 4.69) is 15.9 Å². The number of hydrogen-bond donors (Lipinski definition) is 0. The summed E-state index contributed by atoms with van der Waals surface area (Å²) in [6, 6.07) is 1.60. The highest BCUT2D eigenvalue weighted by molar-refractivity contribution is 9.11. The van der Waals surface area contributed by atoms with Crippen molar-refractivity contribution < 1.29 is 22.7 Å². The number of nitrogens with zero attached hydrogens (tertiary/aromatic N) is 1. The molecule has 0 saturated heterocycles. The zero-order valence-corrected chi connectivity index (χ0v) is 14.2. The first kappa shape index (κ1) is 18.4. The highest BCUT2D eigenvalue weighted by atomic mass is 79.9.